The lowest BCUT2D eigenvalue weighted by Gasteiger charge is -2.07. The molecular formula is C11H11BrN2OS. The first-order chi connectivity index (χ1) is 7.66. The highest BCUT2D eigenvalue weighted by Crippen LogP contribution is 2.37. The largest absolute Gasteiger partial charge is 0.338 e. The number of aryl methyl sites for hydroxylation is 1. The third-order valence-electron chi connectivity index (χ3n) is 2.03. The predicted molar refractivity (Wildman–Crippen MR) is 67.4 cm³/mol. The molecule has 0 bridgehead atoms. The van der Waals surface area contributed by atoms with E-state index in [9.17, 15) is 0 Å². The van der Waals surface area contributed by atoms with Crippen molar-refractivity contribution in [1.82, 2.24) is 10.1 Å². The molecule has 1 unspecified atom stereocenters. The van der Waals surface area contributed by atoms with Crippen LogP contribution >= 0.6 is 27.7 Å². The first-order valence-electron chi connectivity index (χ1n) is 4.88. The molecule has 0 amide bonds. The summed E-state index contributed by atoms with van der Waals surface area (Å²) < 4.78 is 6.23. The van der Waals surface area contributed by atoms with E-state index >= 15 is 0 Å². The number of halogens is 1. The Morgan fingerprint density at radius 1 is 1.38 bits per heavy atom. The molecule has 1 aromatic carbocycles. The fourth-order valence-corrected chi connectivity index (χ4v) is 2.74. The number of thioether (sulfide) groups is 1. The molecule has 0 spiro atoms. The molecule has 1 atom stereocenters. The summed E-state index contributed by atoms with van der Waals surface area (Å²) in [5.41, 5.74) is 0. The molecule has 16 heavy (non-hydrogen) atoms. The van der Waals surface area contributed by atoms with Crippen LogP contribution in [0.15, 0.2) is 38.2 Å². The van der Waals surface area contributed by atoms with Crippen LogP contribution in [0.3, 0.4) is 0 Å². The Bertz CT molecular complexity index is 486. The smallest absolute Gasteiger partial charge is 0.239 e. The highest BCUT2D eigenvalue weighted by molar-refractivity contribution is 9.10. The monoisotopic (exact) mass is 298 g/mol. The maximum Gasteiger partial charge on any atom is 0.239 e. The van der Waals surface area contributed by atoms with Gasteiger partial charge in [0.2, 0.25) is 5.89 Å². The summed E-state index contributed by atoms with van der Waals surface area (Å²) in [6.07, 6.45) is 0. The molecule has 0 aliphatic rings. The first-order valence-corrected chi connectivity index (χ1v) is 6.55. The number of benzene rings is 1. The van der Waals surface area contributed by atoms with Crippen LogP contribution in [0.1, 0.15) is 23.9 Å². The molecule has 0 saturated heterocycles. The molecule has 0 radical (unpaired) electrons. The standard InChI is InChI=1S/C11H11BrN2OS/c1-7(11-13-8(2)14-15-11)16-10-6-4-3-5-9(10)12/h3-7H,1-2H3. The normalized spacial score (nSPS) is 12.7. The lowest BCUT2D eigenvalue weighted by molar-refractivity contribution is 0.376. The van der Waals surface area contributed by atoms with Gasteiger partial charge in [-0.1, -0.05) is 17.3 Å². The highest BCUT2D eigenvalue weighted by Gasteiger charge is 2.15. The van der Waals surface area contributed by atoms with Crippen LogP contribution in [0, 0.1) is 6.92 Å². The van der Waals surface area contributed by atoms with Crippen molar-refractivity contribution >= 4 is 27.7 Å². The van der Waals surface area contributed by atoms with Gasteiger partial charge in [0.1, 0.15) is 0 Å². The summed E-state index contributed by atoms with van der Waals surface area (Å²) in [4.78, 5) is 5.39. The molecule has 0 fully saturated rings. The maximum absolute atomic E-state index is 5.14. The van der Waals surface area contributed by atoms with Crippen molar-refractivity contribution in [3.8, 4) is 0 Å². The van der Waals surface area contributed by atoms with Gasteiger partial charge in [-0.3, -0.25) is 0 Å². The zero-order valence-electron chi connectivity index (χ0n) is 8.98. The van der Waals surface area contributed by atoms with E-state index in [1.165, 1.54) is 4.90 Å². The number of nitrogens with zero attached hydrogens (tertiary/aromatic N) is 2. The molecule has 84 valence electrons. The van der Waals surface area contributed by atoms with E-state index in [4.69, 9.17) is 4.52 Å². The molecule has 0 N–H and O–H groups in total. The number of rotatable bonds is 3. The second-order valence-corrected chi connectivity index (χ2v) is 5.61. The summed E-state index contributed by atoms with van der Waals surface area (Å²) in [7, 11) is 0. The van der Waals surface area contributed by atoms with E-state index in [1.807, 2.05) is 25.1 Å². The minimum Gasteiger partial charge on any atom is -0.338 e. The lowest BCUT2D eigenvalue weighted by Crippen LogP contribution is -1.89. The molecule has 1 heterocycles. The molecular weight excluding hydrogens is 288 g/mol. The van der Waals surface area contributed by atoms with Crippen LogP contribution in [0.5, 0.6) is 0 Å². The van der Waals surface area contributed by atoms with Crippen LogP contribution in [0.25, 0.3) is 0 Å². The quantitative estimate of drug-likeness (QED) is 0.803. The molecule has 0 saturated carbocycles. The Morgan fingerprint density at radius 2 is 2.12 bits per heavy atom. The summed E-state index contributed by atoms with van der Waals surface area (Å²) in [6, 6.07) is 8.09. The summed E-state index contributed by atoms with van der Waals surface area (Å²) in [5.74, 6) is 1.34. The molecule has 2 aromatic rings. The molecule has 0 aliphatic heterocycles. The third-order valence-corrected chi connectivity index (χ3v) is 4.15. The summed E-state index contributed by atoms with van der Waals surface area (Å²) in [6.45, 7) is 3.87. The van der Waals surface area contributed by atoms with Crippen molar-refractivity contribution in [2.75, 3.05) is 0 Å². The van der Waals surface area contributed by atoms with Crippen molar-refractivity contribution in [3.05, 3.63) is 40.5 Å². The minimum absolute atomic E-state index is 0.153. The molecule has 2 rings (SSSR count). The molecule has 5 heteroatoms. The highest BCUT2D eigenvalue weighted by atomic mass is 79.9. The second-order valence-electron chi connectivity index (χ2n) is 3.37. The van der Waals surface area contributed by atoms with Gasteiger partial charge in [-0.15, -0.1) is 11.8 Å². The van der Waals surface area contributed by atoms with Crippen molar-refractivity contribution in [2.24, 2.45) is 0 Å². The Balaban J connectivity index is 2.13. The average Bonchev–Trinajstić information content (AvgIpc) is 2.68. The summed E-state index contributed by atoms with van der Waals surface area (Å²) in [5, 5.41) is 3.94. The predicted octanol–water partition coefficient (Wildman–Crippen LogP) is 3.99. The van der Waals surface area contributed by atoms with Gasteiger partial charge in [-0.05, 0) is 41.9 Å². The Hall–Kier alpha value is -0.810. The van der Waals surface area contributed by atoms with Gasteiger partial charge in [0.05, 0.1) is 5.25 Å². The van der Waals surface area contributed by atoms with Crippen molar-refractivity contribution in [1.29, 1.82) is 0 Å². The SMILES string of the molecule is Cc1noc(C(C)Sc2ccccc2Br)n1. The van der Waals surface area contributed by atoms with Crippen molar-refractivity contribution < 1.29 is 4.52 Å². The van der Waals surface area contributed by atoms with Gasteiger partial charge in [0, 0.05) is 9.37 Å². The number of hydrogen-bond donors (Lipinski definition) is 0. The number of hydrogen-bond acceptors (Lipinski definition) is 4. The lowest BCUT2D eigenvalue weighted by atomic mass is 10.4. The van der Waals surface area contributed by atoms with Crippen LogP contribution in [-0.2, 0) is 0 Å². The Morgan fingerprint density at radius 3 is 2.75 bits per heavy atom. The molecule has 3 nitrogen and oxygen atoms in total. The second kappa shape index (κ2) is 5.01. The van der Waals surface area contributed by atoms with Gasteiger partial charge in [0.25, 0.3) is 0 Å². The first kappa shape index (κ1) is 11.7. The maximum atomic E-state index is 5.14. The van der Waals surface area contributed by atoms with Crippen LogP contribution in [0.4, 0.5) is 0 Å². The topological polar surface area (TPSA) is 38.9 Å². The fraction of sp³-hybridized carbons (Fsp3) is 0.273. The Kier molecular flexibility index (Phi) is 3.66. The van der Waals surface area contributed by atoms with E-state index < -0.39 is 0 Å². The van der Waals surface area contributed by atoms with E-state index in [2.05, 4.69) is 39.1 Å². The molecule has 1 aromatic heterocycles. The van der Waals surface area contributed by atoms with E-state index in [0.29, 0.717) is 11.7 Å². The van der Waals surface area contributed by atoms with Gasteiger partial charge in [0.15, 0.2) is 5.82 Å². The van der Waals surface area contributed by atoms with Gasteiger partial charge >= 0.3 is 0 Å². The van der Waals surface area contributed by atoms with Crippen LogP contribution in [0.2, 0.25) is 0 Å². The van der Waals surface area contributed by atoms with Gasteiger partial charge in [-0.2, -0.15) is 4.98 Å². The average molecular weight is 299 g/mol. The van der Waals surface area contributed by atoms with Gasteiger partial charge in [-0.25, -0.2) is 0 Å². The van der Waals surface area contributed by atoms with Crippen LogP contribution < -0.4 is 0 Å². The van der Waals surface area contributed by atoms with E-state index in [-0.39, 0.29) is 5.25 Å². The fourth-order valence-electron chi connectivity index (χ4n) is 1.26. The molecule has 0 aliphatic carbocycles. The zero-order chi connectivity index (χ0) is 11.5. The Labute approximate surface area is 107 Å². The van der Waals surface area contributed by atoms with Crippen molar-refractivity contribution in [2.45, 2.75) is 24.0 Å². The third kappa shape index (κ3) is 2.65. The van der Waals surface area contributed by atoms with E-state index in [0.717, 1.165) is 4.47 Å². The van der Waals surface area contributed by atoms with E-state index in [1.54, 1.807) is 11.8 Å². The van der Waals surface area contributed by atoms with Gasteiger partial charge < -0.3 is 4.52 Å². The minimum atomic E-state index is 0.153. The number of aromatic nitrogens is 2. The van der Waals surface area contributed by atoms with Crippen LogP contribution in [-0.4, -0.2) is 10.1 Å². The summed E-state index contributed by atoms with van der Waals surface area (Å²) >= 11 is 5.21. The zero-order valence-corrected chi connectivity index (χ0v) is 11.4. The van der Waals surface area contributed by atoms with Crippen molar-refractivity contribution in [3.63, 3.8) is 0 Å².